The molecular formula is C16H15F3N4O2S. The molecule has 1 aromatic carbocycles. The molecule has 1 unspecified atom stereocenters. The summed E-state index contributed by atoms with van der Waals surface area (Å²) >= 11 is 1.30. The Morgan fingerprint density at radius 1 is 1.46 bits per heavy atom. The largest absolute Gasteiger partial charge is 0.385 e. The van der Waals surface area contributed by atoms with E-state index in [1.807, 2.05) is 0 Å². The number of alkyl halides is 2. The van der Waals surface area contributed by atoms with Crippen molar-refractivity contribution in [2.75, 3.05) is 18.5 Å². The minimum Gasteiger partial charge on any atom is -0.385 e. The number of amides is 1. The van der Waals surface area contributed by atoms with Crippen molar-refractivity contribution in [3.05, 3.63) is 45.7 Å². The highest BCUT2D eigenvalue weighted by Gasteiger charge is 2.46. The van der Waals surface area contributed by atoms with Gasteiger partial charge in [0.05, 0.1) is 11.6 Å². The van der Waals surface area contributed by atoms with Crippen LogP contribution in [0.3, 0.4) is 0 Å². The number of carbonyl (C=O) groups excluding carboxylic acids is 1. The van der Waals surface area contributed by atoms with Crippen LogP contribution in [0.2, 0.25) is 0 Å². The molecule has 1 aliphatic heterocycles. The number of aliphatic imine (C=N–C) groups is 1. The Labute approximate surface area is 150 Å². The van der Waals surface area contributed by atoms with Gasteiger partial charge in [-0.05, 0) is 25.1 Å². The van der Waals surface area contributed by atoms with Crippen molar-refractivity contribution in [1.82, 2.24) is 4.98 Å². The number of halogens is 3. The van der Waals surface area contributed by atoms with E-state index in [0.29, 0.717) is 5.01 Å². The second-order valence-corrected chi connectivity index (χ2v) is 6.78. The minimum atomic E-state index is -3.05. The first-order valence-electron chi connectivity index (χ1n) is 7.55. The zero-order chi connectivity index (χ0) is 18.9. The van der Waals surface area contributed by atoms with Crippen LogP contribution in [0.25, 0.3) is 0 Å². The van der Waals surface area contributed by atoms with Crippen LogP contribution in [0.4, 0.5) is 18.9 Å². The van der Waals surface area contributed by atoms with Crippen LogP contribution < -0.4 is 11.1 Å². The van der Waals surface area contributed by atoms with Crippen LogP contribution in [-0.2, 0) is 10.3 Å². The van der Waals surface area contributed by atoms with E-state index in [1.54, 1.807) is 12.3 Å². The van der Waals surface area contributed by atoms with E-state index in [0.717, 1.165) is 12.1 Å². The number of aryl methyl sites for hydroxylation is 1. The summed E-state index contributed by atoms with van der Waals surface area (Å²) in [5.41, 5.74) is 3.19. The summed E-state index contributed by atoms with van der Waals surface area (Å²) in [7, 11) is 0. The molecule has 6 nitrogen and oxygen atoms in total. The van der Waals surface area contributed by atoms with E-state index in [2.05, 4.69) is 15.3 Å². The average molecular weight is 384 g/mol. The smallest absolute Gasteiger partial charge is 0.275 e. The molecule has 2 aromatic rings. The number of carbonyl (C=O) groups is 1. The normalized spacial score (nSPS) is 20.1. The van der Waals surface area contributed by atoms with Gasteiger partial charge in [-0.1, -0.05) is 0 Å². The lowest BCUT2D eigenvalue weighted by Crippen LogP contribution is -2.45. The summed E-state index contributed by atoms with van der Waals surface area (Å²) in [6.07, 6.45) is -3.05. The highest BCUT2D eigenvalue weighted by Crippen LogP contribution is 2.38. The van der Waals surface area contributed by atoms with Crippen LogP contribution in [0, 0.1) is 12.7 Å². The van der Waals surface area contributed by atoms with Gasteiger partial charge in [0.15, 0.2) is 5.54 Å². The zero-order valence-corrected chi connectivity index (χ0v) is 14.4. The monoisotopic (exact) mass is 384 g/mol. The maximum Gasteiger partial charge on any atom is 0.275 e. The highest BCUT2D eigenvalue weighted by molar-refractivity contribution is 7.09. The Morgan fingerprint density at radius 2 is 2.23 bits per heavy atom. The van der Waals surface area contributed by atoms with Crippen molar-refractivity contribution in [2.45, 2.75) is 18.9 Å². The second-order valence-electron chi connectivity index (χ2n) is 5.72. The summed E-state index contributed by atoms with van der Waals surface area (Å²) in [6, 6.07) is 3.37. The number of benzene rings is 1. The summed E-state index contributed by atoms with van der Waals surface area (Å²) in [6.45, 7) is 1.12. The number of thiazole rings is 1. The minimum absolute atomic E-state index is 0.101. The number of nitrogens with two attached hydrogens (primary N) is 1. The summed E-state index contributed by atoms with van der Waals surface area (Å²) in [5.74, 6) is -1.57. The van der Waals surface area contributed by atoms with Crippen molar-refractivity contribution >= 4 is 28.8 Å². The number of nitrogens with zero attached hydrogens (tertiary/aromatic N) is 2. The summed E-state index contributed by atoms with van der Waals surface area (Å²) in [4.78, 5) is 20.0. The van der Waals surface area contributed by atoms with Gasteiger partial charge in [0.1, 0.15) is 24.0 Å². The number of ether oxygens (including phenoxy) is 1. The van der Waals surface area contributed by atoms with Crippen LogP contribution in [-0.4, -0.2) is 36.4 Å². The van der Waals surface area contributed by atoms with Crippen LogP contribution in [0.15, 0.2) is 28.6 Å². The third-order valence-corrected chi connectivity index (χ3v) is 4.59. The molecule has 0 fully saturated rings. The van der Waals surface area contributed by atoms with E-state index < -0.39 is 35.9 Å². The molecule has 3 rings (SSSR count). The van der Waals surface area contributed by atoms with E-state index in [9.17, 15) is 18.0 Å². The Balaban J connectivity index is 1.97. The third kappa shape index (κ3) is 3.42. The van der Waals surface area contributed by atoms with Crippen molar-refractivity contribution in [3.63, 3.8) is 0 Å². The summed E-state index contributed by atoms with van der Waals surface area (Å²) < 4.78 is 46.9. The fraction of sp³-hybridized carbons (Fsp3) is 0.312. The number of aromatic nitrogens is 1. The van der Waals surface area contributed by atoms with Gasteiger partial charge < -0.3 is 15.8 Å². The fourth-order valence-electron chi connectivity index (χ4n) is 2.60. The lowest BCUT2D eigenvalue weighted by molar-refractivity contribution is -0.0145. The molecule has 0 saturated heterocycles. The molecule has 2 heterocycles. The molecule has 0 saturated carbocycles. The van der Waals surface area contributed by atoms with E-state index in [-0.39, 0.29) is 23.8 Å². The molecular weight excluding hydrogens is 369 g/mol. The van der Waals surface area contributed by atoms with Crippen molar-refractivity contribution in [1.29, 1.82) is 0 Å². The van der Waals surface area contributed by atoms with Gasteiger partial charge in [-0.3, -0.25) is 9.79 Å². The Morgan fingerprint density at radius 3 is 2.85 bits per heavy atom. The van der Waals surface area contributed by atoms with Gasteiger partial charge in [0.2, 0.25) is 0 Å². The quantitative estimate of drug-likeness (QED) is 0.848. The topological polar surface area (TPSA) is 89.6 Å². The maximum atomic E-state index is 14.3. The zero-order valence-electron chi connectivity index (χ0n) is 13.6. The molecule has 3 N–H and O–H groups in total. The predicted octanol–water partition coefficient (Wildman–Crippen LogP) is 2.69. The molecule has 138 valence electrons. The van der Waals surface area contributed by atoms with Crippen molar-refractivity contribution in [2.24, 2.45) is 10.7 Å². The second kappa shape index (κ2) is 7.04. The van der Waals surface area contributed by atoms with Gasteiger partial charge >= 0.3 is 0 Å². The van der Waals surface area contributed by atoms with Gasteiger partial charge in [-0.15, -0.1) is 11.3 Å². The number of hydrogen-bond donors (Lipinski definition) is 2. The van der Waals surface area contributed by atoms with E-state index in [4.69, 9.17) is 10.5 Å². The van der Waals surface area contributed by atoms with Gasteiger partial charge in [-0.25, -0.2) is 18.2 Å². The molecule has 1 amide bonds. The van der Waals surface area contributed by atoms with Crippen molar-refractivity contribution in [3.8, 4) is 0 Å². The molecule has 10 heteroatoms. The predicted molar refractivity (Wildman–Crippen MR) is 91.3 cm³/mol. The molecule has 0 bridgehead atoms. The van der Waals surface area contributed by atoms with Crippen LogP contribution in [0.1, 0.15) is 21.1 Å². The molecule has 0 radical (unpaired) electrons. The number of nitrogens with one attached hydrogen (secondary N) is 1. The first-order chi connectivity index (χ1) is 12.3. The number of anilines is 1. The lowest BCUT2D eigenvalue weighted by Gasteiger charge is -2.33. The first-order valence-corrected chi connectivity index (χ1v) is 8.43. The SMILES string of the molecule is Cc1nc(C(=O)Nc2ccc(F)c(C3(C(F)F)COCC(N)=N3)c2)cs1. The third-order valence-electron chi connectivity index (χ3n) is 3.82. The van der Waals surface area contributed by atoms with E-state index >= 15 is 0 Å². The van der Waals surface area contributed by atoms with Crippen LogP contribution in [0.5, 0.6) is 0 Å². The van der Waals surface area contributed by atoms with Gasteiger partial charge in [0, 0.05) is 16.6 Å². The standard InChI is InChI=1S/C16H15F3N4O2S/c1-8-21-12(6-26-8)14(24)22-9-2-3-11(17)10(4-9)16(15(18)19)7-25-5-13(20)23-16/h2-4,6,15H,5,7H2,1H3,(H2,20,23)(H,22,24). The highest BCUT2D eigenvalue weighted by atomic mass is 32.1. The Kier molecular flexibility index (Phi) is 4.97. The first kappa shape index (κ1) is 18.3. The molecule has 1 aliphatic rings. The number of rotatable bonds is 4. The lowest BCUT2D eigenvalue weighted by atomic mass is 9.90. The maximum absolute atomic E-state index is 14.3. The molecule has 0 spiro atoms. The Bertz CT molecular complexity index is 871. The number of hydrogen-bond acceptors (Lipinski definition) is 6. The molecule has 1 aromatic heterocycles. The van der Waals surface area contributed by atoms with Crippen LogP contribution >= 0.6 is 11.3 Å². The van der Waals surface area contributed by atoms with Gasteiger partial charge in [-0.2, -0.15) is 0 Å². The van der Waals surface area contributed by atoms with E-state index in [1.165, 1.54) is 17.4 Å². The molecule has 26 heavy (non-hydrogen) atoms. The average Bonchev–Trinajstić information content (AvgIpc) is 3.03. The summed E-state index contributed by atoms with van der Waals surface area (Å²) in [5, 5.41) is 4.79. The molecule has 0 aliphatic carbocycles. The van der Waals surface area contributed by atoms with Crippen molar-refractivity contribution < 1.29 is 22.7 Å². The number of amidine groups is 1. The molecule has 1 atom stereocenters. The fourth-order valence-corrected chi connectivity index (χ4v) is 3.19. The Hall–Kier alpha value is -2.46. The van der Waals surface area contributed by atoms with Gasteiger partial charge in [0.25, 0.3) is 12.3 Å².